The second-order valence-corrected chi connectivity index (χ2v) is 5.25. The fourth-order valence-electron chi connectivity index (χ4n) is 2.35. The molecule has 0 fully saturated rings. The summed E-state index contributed by atoms with van der Waals surface area (Å²) < 4.78 is 55.2. The van der Waals surface area contributed by atoms with E-state index in [1.54, 1.807) is 12.1 Å². The number of para-hydroxylation sites is 1. The summed E-state index contributed by atoms with van der Waals surface area (Å²) in [4.78, 5) is 7.12. The third kappa shape index (κ3) is 2.83. The maximum Gasteiger partial charge on any atom is 0.433 e. The van der Waals surface area contributed by atoms with Gasteiger partial charge in [0, 0.05) is 6.07 Å². The molecule has 3 aromatic heterocycles. The average Bonchev–Trinajstić information content (AvgIpc) is 3.23. The van der Waals surface area contributed by atoms with Crippen LogP contribution in [0.3, 0.4) is 0 Å². The second-order valence-electron chi connectivity index (χ2n) is 5.25. The largest absolute Gasteiger partial charge is 0.433 e. The molecule has 4 aromatic rings. The molecule has 1 aromatic carbocycles. The van der Waals surface area contributed by atoms with E-state index in [9.17, 15) is 17.6 Å². The topological polar surface area (TPSA) is 72.9 Å². The lowest BCUT2D eigenvalue weighted by Crippen LogP contribution is -2.12. The van der Waals surface area contributed by atoms with Crippen LogP contribution in [0, 0.1) is 5.82 Å². The molecule has 0 saturated heterocycles. The van der Waals surface area contributed by atoms with E-state index in [4.69, 9.17) is 0 Å². The van der Waals surface area contributed by atoms with Gasteiger partial charge in [-0.3, -0.25) is 0 Å². The van der Waals surface area contributed by atoms with E-state index in [0.717, 1.165) is 16.9 Å². The summed E-state index contributed by atoms with van der Waals surface area (Å²) in [5.74, 6) is -0.694. The molecule has 4 rings (SSSR count). The van der Waals surface area contributed by atoms with Crippen LogP contribution in [0.1, 0.15) is 5.69 Å². The van der Waals surface area contributed by atoms with Crippen molar-refractivity contribution in [3.8, 4) is 5.69 Å². The summed E-state index contributed by atoms with van der Waals surface area (Å²) in [5.41, 5.74) is -0.566. The van der Waals surface area contributed by atoms with Crippen molar-refractivity contribution < 1.29 is 17.6 Å². The number of halogens is 4. The normalized spacial score (nSPS) is 11.8. The number of alkyl halides is 3. The minimum atomic E-state index is -4.64. The third-order valence-corrected chi connectivity index (χ3v) is 3.50. The van der Waals surface area contributed by atoms with Crippen LogP contribution < -0.4 is 5.32 Å². The van der Waals surface area contributed by atoms with Crippen molar-refractivity contribution in [2.75, 3.05) is 5.32 Å². The first kappa shape index (κ1) is 16.0. The highest BCUT2D eigenvalue weighted by molar-refractivity contribution is 5.58. The first-order chi connectivity index (χ1) is 12.4. The van der Waals surface area contributed by atoms with Crippen LogP contribution in [0.2, 0.25) is 0 Å². The number of fused-ring (bicyclic) bond motifs is 1. The lowest BCUT2D eigenvalue weighted by Gasteiger charge is -2.10. The van der Waals surface area contributed by atoms with Gasteiger partial charge in [-0.25, -0.2) is 14.1 Å². The molecule has 7 nitrogen and oxygen atoms in total. The van der Waals surface area contributed by atoms with Gasteiger partial charge in [-0.1, -0.05) is 12.1 Å². The van der Waals surface area contributed by atoms with E-state index < -0.39 is 17.7 Å². The van der Waals surface area contributed by atoms with Gasteiger partial charge in [0.2, 0.25) is 0 Å². The van der Waals surface area contributed by atoms with Crippen molar-refractivity contribution in [1.82, 2.24) is 29.4 Å². The molecule has 0 amide bonds. The Hall–Kier alpha value is -3.50. The van der Waals surface area contributed by atoms with E-state index in [0.29, 0.717) is 5.69 Å². The third-order valence-electron chi connectivity index (χ3n) is 3.50. The van der Waals surface area contributed by atoms with Crippen LogP contribution in [-0.4, -0.2) is 29.4 Å². The van der Waals surface area contributed by atoms with Crippen molar-refractivity contribution in [3.63, 3.8) is 0 Å². The smallest absolute Gasteiger partial charge is 0.337 e. The van der Waals surface area contributed by atoms with Gasteiger partial charge in [-0.2, -0.15) is 32.9 Å². The van der Waals surface area contributed by atoms with Gasteiger partial charge < -0.3 is 5.32 Å². The molecular formula is C15H9F4N7. The molecule has 0 spiro atoms. The first-order valence-corrected chi connectivity index (χ1v) is 7.26. The van der Waals surface area contributed by atoms with Gasteiger partial charge in [-0.15, -0.1) is 0 Å². The highest BCUT2D eigenvalue weighted by Gasteiger charge is 2.34. The first-order valence-electron chi connectivity index (χ1n) is 7.26. The predicted molar refractivity (Wildman–Crippen MR) is 82.6 cm³/mol. The standard InChI is InChI=1S/C15H9F4N7/c16-10-3-1-2-4-11(10)25-7-9(6-21-25)23-13-5-12(15(17,18)19)24-14-20-8-22-26(13)14/h1-8,23H. The lowest BCUT2D eigenvalue weighted by atomic mass is 10.3. The summed E-state index contributed by atoms with van der Waals surface area (Å²) in [6, 6.07) is 6.79. The maximum atomic E-state index is 13.8. The maximum absolute atomic E-state index is 13.8. The average molecular weight is 363 g/mol. The molecule has 0 bridgehead atoms. The van der Waals surface area contributed by atoms with Crippen LogP contribution in [0.15, 0.2) is 49.1 Å². The van der Waals surface area contributed by atoms with Gasteiger partial charge >= 0.3 is 6.18 Å². The zero-order valence-electron chi connectivity index (χ0n) is 12.8. The Morgan fingerprint density at radius 2 is 1.88 bits per heavy atom. The summed E-state index contributed by atoms with van der Waals surface area (Å²) in [6.45, 7) is 0. The minimum absolute atomic E-state index is 0.00657. The molecule has 0 unspecified atom stereocenters. The highest BCUT2D eigenvalue weighted by atomic mass is 19.4. The zero-order valence-corrected chi connectivity index (χ0v) is 12.8. The van der Waals surface area contributed by atoms with Crippen LogP contribution in [-0.2, 0) is 6.18 Å². The quantitative estimate of drug-likeness (QED) is 0.566. The van der Waals surface area contributed by atoms with Crippen molar-refractivity contribution >= 4 is 17.3 Å². The molecule has 0 radical (unpaired) electrons. The number of benzene rings is 1. The van der Waals surface area contributed by atoms with E-state index in [1.807, 2.05) is 0 Å². The van der Waals surface area contributed by atoms with Crippen LogP contribution in [0.25, 0.3) is 11.5 Å². The molecule has 132 valence electrons. The summed E-state index contributed by atoms with van der Waals surface area (Å²) >= 11 is 0. The Labute approximate surface area is 142 Å². The van der Waals surface area contributed by atoms with Crippen LogP contribution in [0.5, 0.6) is 0 Å². The summed E-state index contributed by atoms with van der Waals surface area (Å²) in [7, 11) is 0. The number of rotatable bonds is 3. The summed E-state index contributed by atoms with van der Waals surface area (Å²) in [5, 5.41) is 10.6. The molecule has 26 heavy (non-hydrogen) atoms. The van der Waals surface area contributed by atoms with Gasteiger partial charge in [0.1, 0.15) is 23.6 Å². The fourth-order valence-corrected chi connectivity index (χ4v) is 2.35. The Morgan fingerprint density at radius 1 is 1.08 bits per heavy atom. The SMILES string of the molecule is Fc1ccccc1-n1cc(Nc2cc(C(F)(F)F)nc3ncnn23)cn1. The molecule has 0 saturated carbocycles. The van der Waals surface area contributed by atoms with Crippen molar-refractivity contribution in [1.29, 1.82) is 0 Å². The Bertz CT molecular complexity index is 1080. The van der Waals surface area contributed by atoms with Gasteiger partial charge in [0.25, 0.3) is 5.78 Å². The molecule has 3 heterocycles. The number of anilines is 2. The van der Waals surface area contributed by atoms with Crippen molar-refractivity contribution in [2.45, 2.75) is 6.18 Å². The van der Waals surface area contributed by atoms with Crippen LogP contribution >= 0.6 is 0 Å². The molecule has 0 aliphatic rings. The molecule has 0 aliphatic heterocycles. The van der Waals surface area contributed by atoms with Crippen molar-refractivity contribution in [3.05, 3.63) is 60.6 Å². The molecule has 11 heteroatoms. The minimum Gasteiger partial charge on any atom is -0.337 e. The predicted octanol–water partition coefficient (Wildman–Crippen LogP) is 3.21. The number of nitrogens with zero attached hydrogens (tertiary/aromatic N) is 6. The van der Waals surface area contributed by atoms with Gasteiger partial charge in [-0.05, 0) is 12.1 Å². The monoisotopic (exact) mass is 363 g/mol. The highest BCUT2D eigenvalue weighted by Crippen LogP contribution is 2.30. The molecular weight excluding hydrogens is 354 g/mol. The van der Waals surface area contributed by atoms with Crippen LogP contribution in [0.4, 0.5) is 29.1 Å². The Kier molecular flexibility index (Phi) is 3.56. The number of hydrogen-bond donors (Lipinski definition) is 1. The molecule has 0 aliphatic carbocycles. The Morgan fingerprint density at radius 3 is 2.65 bits per heavy atom. The number of nitrogens with one attached hydrogen (secondary N) is 1. The zero-order chi connectivity index (χ0) is 18.3. The Balaban J connectivity index is 1.72. The van der Waals surface area contributed by atoms with E-state index in [2.05, 4.69) is 25.5 Å². The number of aromatic nitrogens is 6. The molecule has 0 atom stereocenters. The second kappa shape index (κ2) is 5.79. The van der Waals surface area contributed by atoms with Gasteiger partial charge in [0.05, 0.1) is 18.1 Å². The molecule has 1 N–H and O–H groups in total. The van der Waals surface area contributed by atoms with Crippen molar-refractivity contribution in [2.24, 2.45) is 0 Å². The van der Waals surface area contributed by atoms with E-state index in [-0.39, 0.29) is 17.3 Å². The van der Waals surface area contributed by atoms with E-state index in [1.165, 1.54) is 29.2 Å². The van der Waals surface area contributed by atoms with Gasteiger partial charge in [0.15, 0.2) is 5.69 Å². The fraction of sp³-hybridized carbons (Fsp3) is 0.0667. The van der Waals surface area contributed by atoms with E-state index >= 15 is 0 Å². The number of hydrogen-bond acceptors (Lipinski definition) is 5. The lowest BCUT2D eigenvalue weighted by molar-refractivity contribution is -0.141. The summed E-state index contributed by atoms with van der Waals surface area (Å²) in [6.07, 6.45) is -0.754.